The highest BCUT2D eigenvalue weighted by atomic mass is 32.2. The lowest BCUT2D eigenvalue weighted by atomic mass is 10.1. The second-order valence-electron chi connectivity index (χ2n) is 5.38. The van der Waals surface area contributed by atoms with E-state index in [4.69, 9.17) is 4.74 Å². The molecule has 6 heteroatoms. The van der Waals surface area contributed by atoms with Crippen LogP contribution in [-0.2, 0) is 9.53 Å². The largest absolute Gasteiger partial charge is 0.465 e. The normalized spacial score (nSPS) is 11.2. The standard InChI is InChI=1S/C17H19N3O2S/c1-3-4-9-22-16(21)11-23-17-19-18-15-10-12(2)13-7-5-6-8-14(13)20(15)17/h5-8,10H,3-4,9,11H2,1-2H3. The molecule has 23 heavy (non-hydrogen) atoms. The molecule has 0 unspecified atom stereocenters. The summed E-state index contributed by atoms with van der Waals surface area (Å²) in [5.74, 6) is 0.0313. The number of aromatic nitrogens is 3. The van der Waals surface area contributed by atoms with Gasteiger partial charge in [0.05, 0.1) is 17.9 Å². The topological polar surface area (TPSA) is 56.5 Å². The Kier molecular flexibility index (Phi) is 4.81. The van der Waals surface area contributed by atoms with Crippen molar-refractivity contribution >= 4 is 34.3 Å². The number of thioether (sulfide) groups is 1. The third-order valence-electron chi connectivity index (χ3n) is 3.65. The number of unbranched alkanes of at least 4 members (excludes halogenated alkanes) is 1. The lowest BCUT2D eigenvalue weighted by molar-refractivity contribution is -0.140. The fourth-order valence-electron chi connectivity index (χ4n) is 2.46. The highest BCUT2D eigenvalue weighted by Crippen LogP contribution is 2.25. The zero-order valence-corrected chi connectivity index (χ0v) is 14.1. The maximum atomic E-state index is 11.8. The van der Waals surface area contributed by atoms with E-state index in [9.17, 15) is 4.79 Å². The number of ether oxygens (including phenoxy) is 1. The van der Waals surface area contributed by atoms with E-state index in [0.717, 1.165) is 35.0 Å². The molecule has 0 fully saturated rings. The van der Waals surface area contributed by atoms with Crippen molar-refractivity contribution in [3.05, 3.63) is 35.9 Å². The molecular formula is C17H19N3O2S. The Morgan fingerprint density at radius 3 is 2.96 bits per heavy atom. The second-order valence-corrected chi connectivity index (χ2v) is 6.33. The van der Waals surface area contributed by atoms with Gasteiger partial charge in [-0.3, -0.25) is 9.20 Å². The average Bonchev–Trinajstić information content (AvgIpc) is 2.96. The molecule has 0 amide bonds. The summed E-state index contributed by atoms with van der Waals surface area (Å²) in [6.07, 6.45) is 1.91. The number of fused-ring (bicyclic) bond motifs is 3. The summed E-state index contributed by atoms with van der Waals surface area (Å²) < 4.78 is 7.17. The van der Waals surface area contributed by atoms with Crippen LogP contribution in [-0.4, -0.2) is 32.9 Å². The van der Waals surface area contributed by atoms with Gasteiger partial charge in [-0.1, -0.05) is 43.3 Å². The van der Waals surface area contributed by atoms with Crippen molar-refractivity contribution in [2.75, 3.05) is 12.4 Å². The molecule has 1 aromatic carbocycles. The molecule has 3 rings (SSSR count). The van der Waals surface area contributed by atoms with Gasteiger partial charge >= 0.3 is 5.97 Å². The molecule has 3 aromatic rings. The van der Waals surface area contributed by atoms with Crippen LogP contribution in [0.2, 0.25) is 0 Å². The average molecular weight is 329 g/mol. The van der Waals surface area contributed by atoms with Gasteiger partial charge in [-0.25, -0.2) is 0 Å². The van der Waals surface area contributed by atoms with Gasteiger partial charge in [0.25, 0.3) is 0 Å². The molecule has 0 saturated heterocycles. The number of nitrogens with zero attached hydrogens (tertiary/aromatic N) is 3. The highest BCUT2D eigenvalue weighted by molar-refractivity contribution is 7.99. The van der Waals surface area contributed by atoms with Crippen molar-refractivity contribution in [3.63, 3.8) is 0 Å². The van der Waals surface area contributed by atoms with E-state index < -0.39 is 0 Å². The Bertz CT molecular complexity index is 844. The molecule has 0 atom stereocenters. The monoisotopic (exact) mass is 329 g/mol. The molecule has 0 bridgehead atoms. The second kappa shape index (κ2) is 7.00. The minimum Gasteiger partial charge on any atom is -0.465 e. The van der Waals surface area contributed by atoms with Crippen LogP contribution in [0, 0.1) is 6.92 Å². The van der Waals surface area contributed by atoms with Crippen LogP contribution in [0.15, 0.2) is 35.5 Å². The molecule has 5 nitrogen and oxygen atoms in total. The van der Waals surface area contributed by atoms with Crippen molar-refractivity contribution in [1.82, 2.24) is 14.6 Å². The molecule has 120 valence electrons. The van der Waals surface area contributed by atoms with Gasteiger partial charge in [-0.05, 0) is 31.0 Å². The SMILES string of the molecule is CCCCOC(=O)CSc1nnc2cc(C)c3ccccc3n12. The third-order valence-corrected chi connectivity index (χ3v) is 4.56. The highest BCUT2D eigenvalue weighted by Gasteiger charge is 2.13. The number of esters is 1. The van der Waals surface area contributed by atoms with Gasteiger partial charge in [-0.15, -0.1) is 10.2 Å². The fraction of sp³-hybridized carbons (Fsp3) is 0.353. The molecular weight excluding hydrogens is 310 g/mol. The number of carbonyl (C=O) groups is 1. The summed E-state index contributed by atoms with van der Waals surface area (Å²) in [5.41, 5.74) is 3.01. The van der Waals surface area contributed by atoms with E-state index >= 15 is 0 Å². The Morgan fingerprint density at radius 2 is 2.13 bits per heavy atom. The number of carbonyl (C=O) groups excluding carboxylic acids is 1. The molecule has 2 heterocycles. The van der Waals surface area contributed by atoms with Crippen LogP contribution >= 0.6 is 11.8 Å². The zero-order valence-electron chi connectivity index (χ0n) is 13.3. The Labute approximate surface area is 139 Å². The minimum atomic E-state index is -0.211. The Morgan fingerprint density at radius 1 is 1.30 bits per heavy atom. The van der Waals surface area contributed by atoms with E-state index in [1.165, 1.54) is 11.8 Å². The van der Waals surface area contributed by atoms with E-state index in [1.807, 2.05) is 28.7 Å². The van der Waals surface area contributed by atoms with Gasteiger partial charge in [0.1, 0.15) is 0 Å². The maximum Gasteiger partial charge on any atom is 0.316 e. The number of hydrogen-bond acceptors (Lipinski definition) is 5. The molecule has 0 radical (unpaired) electrons. The van der Waals surface area contributed by atoms with Gasteiger partial charge in [0.2, 0.25) is 0 Å². The van der Waals surface area contributed by atoms with Crippen LogP contribution in [0.25, 0.3) is 16.6 Å². The Hall–Kier alpha value is -2.08. The van der Waals surface area contributed by atoms with Crippen LogP contribution in [0.4, 0.5) is 0 Å². The summed E-state index contributed by atoms with van der Waals surface area (Å²) in [5, 5.41) is 10.3. The number of hydrogen-bond donors (Lipinski definition) is 0. The van der Waals surface area contributed by atoms with Gasteiger partial charge in [0.15, 0.2) is 10.8 Å². The Balaban J connectivity index is 1.85. The summed E-state index contributed by atoms with van der Waals surface area (Å²) in [4.78, 5) is 11.8. The van der Waals surface area contributed by atoms with E-state index in [0.29, 0.717) is 11.8 Å². The number of para-hydroxylation sites is 1. The number of aryl methyl sites for hydroxylation is 1. The first-order valence-electron chi connectivity index (χ1n) is 7.72. The molecule has 0 saturated carbocycles. The molecule has 0 N–H and O–H groups in total. The van der Waals surface area contributed by atoms with Crippen LogP contribution < -0.4 is 0 Å². The molecule has 0 aliphatic heterocycles. The molecule has 0 aliphatic rings. The summed E-state index contributed by atoms with van der Waals surface area (Å²) in [6, 6.07) is 10.1. The first-order valence-corrected chi connectivity index (χ1v) is 8.71. The summed E-state index contributed by atoms with van der Waals surface area (Å²) >= 11 is 1.36. The quantitative estimate of drug-likeness (QED) is 0.393. The van der Waals surface area contributed by atoms with Gasteiger partial charge < -0.3 is 4.74 Å². The predicted octanol–water partition coefficient (Wildman–Crippen LogP) is 3.63. The van der Waals surface area contributed by atoms with Crippen LogP contribution in [0.1, 0.15) is 25.3 Å². The van der Waals surface area contributed by atoms with Gasteiger partial charge in [0, 0.05) is 5.39 Å². The lowest BCUT2D eigenvalue weighted by Crippen LogP contribution is -2.08. The van der Waals surface area contributed by atoms with E-state index in [2.05, 4.69) is 30.1 Å². The summed E-state index contributed by atoms with van der Waals surface area (Å²) in [6.45, 7) is 4.62. The number of rotatable bonds is 6. The minimum absolute atomic E-state index is 0.211. The predicted molar refractivity (Wildman–Crippen MR) is 91.8 cm³/mol. The van der Waals surface area contributed by atoms with Crippen LogP contribution in [0.3, 0.4) is 0 Å². The maximum absolute atomic E-state index is 11.8. The van der Waals surface area contributed by atoms with E-state index in [1.54, 1.807) is 0 Å². The van der Waals surface area contributed by atoms with Gasteiger partial charge in [-0.2, -0.15) is 0 Å². The van der Waals surface area contributed by atoms with Crippen molar-refractivity contribution in [2.45, 2.75) is 31.8 Å². The number of benzene rings is 1. The van der Waals surface area contributed by atoms with Crippen LogP contribution in [0.5, 0.6) is 0 Å². The number of pyridine rings is 1. The third kappa shape index (κ3) is 3.32. The molecule has 0 spiro atoms. The zero-order chi connectivity index (χ0) is 16.2. The summed E-state index contributed by atoms with van der Waals surface area (Å²) in [7, 11) is 0. The fourth-order valence-corrected chi connectivity index (χ4v) is 3.21. The first-order chi connectivity index (χ1) is 11.2. The van der Waals surface area contributed by atoms with E-state index in [-0.39, 0.29) is 11.7 Å². The van der Waals surface area contributed by atoms with Crippen molar-refractivity contribution in [1.29, 1.82) is 0 Å². The molecule has 0 aliphatic carbocycles. The van der Waals surface area contributed by atoms with Crippen molar-refractivity contribution in [3.8, 4) is 0 Å². The first kappa shape index (κ1) is 15.8. The molecule has 2 aromatic heterocycles. The smallest absolute Gasteiger partial charge is 0.316 e. The lowest BCUT2D eigenvalue weighted by Gasteiger charge is -2.07. The van der Waals surface area contributed by atoms with Crippen molar-refractivity contribution < 1.29 is 9.53 Å². The van der Waals surface area contributed by atoms with Crippen molar-refractivity contribution in [2.24, 2.45) is 0 Å².